The van der Waals surface area contributed by atoms with Gasteiger partial charge in [0.2, 0.25) is 0 Å². The quantitative estimate of drug-likeness (QED) is 0.301. The maximum atomic E-state index is 11.8. The van der Waals surface area contributed by atoms with Gasteiger partial charge in [-0.3, -0.25) is 9.13 Å². The molecule has 0 spiro atoms. The van der Waals surface area contributed by atoms with Crippen LogP contribution in [-0.4, -0.2) is 24.9 Å². The maximum Gasteiger partial charge on any atom is 0.330 e. The minimum atomic E-state index is -0.152. The Morgan fingerprint density at radius 1 is 0.906 bits per heavy atom. The number of H-pyrrole nitrogens is 1. The molecule has 0 amide bonds. The fourth-order valence-electron chi connectivity index (χ4n) is 2.27. The molecular formula is C25H50N4OS2. The van der Waals surface area contributed by atoms with Gasteiger partial charge >= 0.3 is 5.69 Å². The summed E-state index contributed by atoms with van der Waals surface area (Å²) in [7, 11) is 3.37. The van der Waals surface area contributed by atoms with Crippen LogP contribution in [0.2, 0.25) is 0 Å². The molecule has 0 saturated carbocycles. The van der Waals surface area contributed by atoms with Gasteiger partial charge in [0.05, 0.1) is 0 Å². The molecule has 1 unspecified atom stereocenters. The van der Waals surface area contributed by atoms with Crippen LogP contribution in [-0.2, 0) is 14.1 Å². The van der Waals surface area contributed by atoms with E-state index in [2.05, 4.69) is 65.4 Å². The molecule has 2 aromatic rings. The number of rotatable bonds is 8. The summed E-state index contributed by atoms with van der Waals surface area (Å²) in [6, 6.07) is 0. The van der Waals surface area contributed by atoms with Crippen molar-refractivity contribution in [2.24, 2.45) is 20.0 Å². The topological polar surface area (TPSA) is 55.6 Å². The molecule has 1 N–H and O–H groups in total. The number of aromatic nitrogens is 4. The Bertz CT molecular complexity index is 816. The van der Waals surface area contributed by atoms with Crippen molar-refractivity contribution < 1.29 is 0 Å². The summed E-state index contributed by atoms with van der Waals surface area (Å²) < 4.78 is 3.46. The summed E-state index contributed by atoms with van der Waals surface area (Å²) in [5, 5.41) is 0.814. The lowest BCUT2D eigenvalue weighted by atomic mass is 10.0. The third kappa shape index (κ3) is 12.8. The molecule has 0 fully saturated rings. The minimum Gasteiger partial charge on any atom is -0.329 e. The number of fused-ring (bicyclic) bond motifs is 1. The van der Waals surface area contributed by atoms with E-state index in [0.717, 1.165) is 28.8 Å². The van der Waals surface area contributed by atoms with Gasteiger partial charge in [0, 0.05) is 19.8 Å². The zero-order valence-corrected chi connectivity index (χ0v) is 24.1. The normalized spacial score (nSPS) is 10.9. The summed E-state index contributed by atoms with van der Waals surface area (Å²) >= 11 is 6.87. The van der Waals surface area contributed by atoms with E-state index in [1.807, 2.05) is 0 Å². The second-order valence-electron chi connectivity index (χ2n) is 8.10. The van der Waals surface area contributed by atoms with Crippen molar-refractivity contribution in [1.82, 2.24) is 19.1 Å². The van der Waals surface area contributed by atoms with E-state index in [9.17, 15) is 4.79 Å². The zero-order chi connectivity index (χ0) is 25.1. The molecule has 0 aliphatic rings. The number of nitrogens with one attached hydrogen (secondary N) is 1. The average Bonchev–Trinajstić information content (AvgIpc) is 3.25. The van der Waals surface area contributed by atoms with Crippen molar-refractivity contribution in [3.8, 4) is 0 Å². The van der Waals surface area contributed by atoms with Gasteiger partial charge in [0.25, 0.3) is 0 Å². The Morgan fingerprint density at radius 3 is 1.81 bits per heavy atom. The molecule has 2 rings (SSSR count). The first-order valence-corrected chi connectivity index (χ1v) is 13.9. The first-order chi connectivity index (χ1) is 15.2. The van der Waals surface area contributed by atoms with Crippen molar-refractivity contribution in [3.63, 3.8) is 0 Å². The van der Waals surface area contributed by atoms with Crippen LogP contribution >= 0.6 is 24.0 Å². The van der Waals surface area contributed by atoms with Gasteiger partial charge in [-0.1, -0.05) is 124 Å². The van der Waals surface area contributed by atoms with E-state index in [1.165, 1.54) is 54.1 Å². The number of hydrogen-bond donors (Lipinski definition) is 1. The largest absolute Gasteiger partial charge is 0.330 e. The highest BCUT2D eigenvalue weighted by atomic mass is 32.2. The number of thioether (sulfide) groups is 1. The Hall–Kier alpha value is -1.08. The highest BCUT2D eigenvalue weighted by molar-refractivity contribution is 7.99. The van der Waals surface area contributed by atoms with E-state index in [4.69, 9.17) is 12.2 Å². The van der Waals surface area contributed by atoms with Gasteiger partial charge < -0.3 is 4.98 Å². The maximum absolute atomic E-state index is 11.8. The molecule has 2 aromatic heterocycles. The highest BCUT2D eigenvalue weighted by Gasteiger charge is 2.11. The molecule has 0 aromatic carbocycles. The SMILES string of the molecule is CCCC.CCCC.CCCC(C)CC.CCCSc1nc2c([nH]1)c(=S)n(C)c(=O)n2C. The van der Waals surface area contributed by atoms with E-state index in [1.54, 1.807) is 25.9 Å². The van der Waals surface area contributed by atoms with Crippen LogP contribution in [0.25, 0.3) is 11.2 Å². The molecule has 7 heteroatoms. The van der Waals surface area contributed by atoms with Crippen molar-refractivity contribution in [2.45, 2.75) is 112 Å². The van der Waals surface area contributed by atoms with Crippen molar-refractivity contribution in [1.29, 1.82) is 0 Å². The number of aromatic amines is 1. The second-order valence-corrected chi connectivity index (χ2v) is 9.57. The molecule has 0 saturated heterocycles. The van der Waals surface area contributed by atoms with Crippen LogP contribution in [0.15, 0.2) is 9.95 Å². The zero-order valence-electron chi connectivity index (χ0n) is 22.5. The third-order valence-electron chi connectivity index (χ3n) is 4.99. The number of aryl methyl sites for hydroxylation is 1. The lowest BCUT2D eigenvalue weighted by Gasteiger charge is -2.02. The Kier molecular flexibility index (Phi) is 21.2. The first-order valence-electron chi connectivity index (χ1n) is 12.5. The number of hydrogen-bond acceptors (Lipinski definition) is 4. The van der Waals surface area contributed by atoms with Crippen LogP contribution < -0.4 is 5.69 Å². The summed E-state index contributed by atoms with van der Waals surface area (Å²) in [5.74, 6) is 1.94. The Labute approximate surface area is 206 Å². The fourth-order valence-corrected chi connectivity index (χ4v) is 3.21. The smallest absolute Gasteiger partial charge is 0.329 e. The predicted octanol–water partition coefficient (Wildman–Crippen LogP) is 8.28. The van der Waals surface area contributed by atoms with Crippen LogP contribution in [0.3, 0.4) is 0 Å². The summed E-state index contributed by atoms with van der Waals surface area (Å²) in [5.41, 5.74) is 1.22. The summed E-state index contributed by atoms with van der Waals surface area (Å²) in [6.07, 6.45) is 10.4. The lowest BCUT2D eigenvalue weighted by Crippen LogP contribution is -2.27. The molecule has 0 bridgehead atoms. The van der Waals surface area contributed by atoms with Gasteiger partial charge in [-0.05, 0) is 12.3 Å². The minimum absolute atomic E-state index is 0.152. The predicted molar refractivity (Wildman–Crippen MR) is 148 cm³/mol. The monoisotopic (exact) mass is 486 g/mol. The first kappa shape index (κ1) is 33.1. The van der Waals surface area contributed by atoms with Crippen LogP contribution in [0.4, 0.5) is 0 Å². The van der Waals surface area contributed by atoms with E-state index in [-0.39, 0.29) is 5.69 Å². The lowest BCUT2D eigenvalue weighted by molar-refractivity contribution is 0.509. The van der Waals surface area contributed by atoms with Crippen LogP contribution in [0, 0.1) is 10.6 Å². The molecule has 0 radical (unpaired) electrons. The molecule has 5 nitrogen and oxygen atoms in total. The van der Waals surface area contributed by atoms with E-state index >= 15 is 0 Å². The van der Waals surface area contributed by atoms with Crippen LogP contribution in [0.1, 0.15) is 107 Å². The van der Waals surface area contributed by atoms with E-state index < -0.39 is 0 Å². The fraction of sp³-hybridized carbons (Fsp3) is 0.800. The number of nitrogens with zero attached hydrogens (tertiary/aromatic N) is 3. The standard InChI is InChI=1S/C10H14N4OS2.C7H16.2C4H10/c1-4-5-17-9-11-6-7(12-9)13(2)10(15)14(3)8(6)16;1-4-6-7(3)5-2;2*1-3-4-2/h4-5H2,1-3H3,(H,11,12);7H,4-6H2,1-3H3;2*3-4H2,1-2H3. The van der Waals surface area contributed by atoms with Gasteiger partial charge in [-0.25, -0.2) is 9.78 Å². The molecule has 188 valence electrons. The number of imidazole rings is 1. The van der Waals surface area contributed by atoms with E-state index in [0.29, 0.717) is 10.3 Å². The molecule has 1 atom stereocenters. The molecule has 0 aliphatic heterocycles. The van der Waals surface area contributed by atoms with Gasteiger partial charge in [-0.2, -0.15) is 0 Å². The summed E-state index contributed by atoms with van der Waals surface area (Å²) in [6.45, 7) is 17.6. The third-order valence-corrected chi connectivity index (χ3v) is 6.55. The molecular weight excluding hydrogens is 436 g/mol. The molecule has 32 heavy (non-hydrogen) atoms. The summed E-state index contributed by atoms with van der Waals surface area (Å²) in [4.78, 5) is 19.4. The van der Waals surface area contributed by atoms with Gasteiger partial charge in [0.1, 0.15) is 10.2 Å². The van der Waals surface area contributed by atoms with Gasteiger partial charge in [-0.15, -0.1) is 0 Å². The number of unbranched alkanes of at least 4 members (excludes halogenated alkanes) is 2. The molecule has 0 aliphatic carbocycles. The van der Waals surface area contributed by atoms with Crippen molar-refractivity contribution in [2.75, 3.05) is 5.75 Å². The highest BCUT2D eigenvalue weighted by Crippen LogP contribution is 2.19. The Morgan fingerprint density at radius 2 is 1.44 bits per heavy atom. The Balaban J connectivity index is 0. The second kappa shape index (κ2) is 20.5. The van der Waals surface area contributed by atoms with Crippen LogP contribution in [0.5, 0.6) is 0 Å². The average molecular weight is 487 g/mol. The van der Waals surface area contributed by atoms with Crippen molar-refractivity contribution in [3.05, 3.63) is 15.1 Å². The van der Waals surface area contributed by atoms with Crippen molar-refractivity contribution >= 4 is 35.1 Å². The van der Waals surface area contributed by atoms with Gasteiger partial charge in [0.15, 0.2) is 10.8 Å². The molecule has 2 heterocycles.